The average molecular weight is 266 g/mol. The summed E-state index contributed by atoms with van der Waals surface area (Å²) in [5, 5.41) is 3.35. The molecule has 1 amide bonds. The van der Waals surface area contributed by atoms with Crippen LogP contribution in [0.2, 0.25) is 0 Å². The van der Waals surface area contributed by atoms with Crippen LogP contribution in [-0.4, -0.2) is 42.6 Å². The van der Waals surface area contributed by atoms with E-state index in [0.29, 0.717) is 13.1 Å². The Morgan fingerprint density at radius 3 is 2.63 bits per heavy atom. The van der Waals surface area contributed by atoms with E-state index in [1.807, 2.05) is 13.8 Å². The molecule has 5 heteroatoms. The summed E-state index contributed by atoms with van der Waals surface area (Å²) >= 11 is 0. The molecule has 104 valence electrons. The summed E-state index contributed by atoms with van der Waals surface area (Å²) < 4.78 is 18.6. The molecule has 1 fully saturated rings. The summed E-state index contributed by atoms with van der Waals surface area (Å²) in [5.74, 6) is -0.437. The number of benzene rings is 1. The van der Waals surface area contributed by atoms with Crippen molar-refractivity contribution in [2.24, 2.45) is 0 Å². The molecule has 1 heterocycles. The lowest BCUT2D eigenvalue weighted by molar-refractivity contribution is -0.135. The van der Waals surface area contributed by atoms with Gasteiger partial charge in [-0.15, -0.1) is 0 Å². The van der Waals surface area contributed by atoms with E-state index in [4.69, 9.17) is 4.74 Å². The number of carbonyl (C=O) groups is 1. The molecule has 2 rings (SSSR count). The average Bonchev–Trinajstić information content (AvgIpc) is 2.36. The summed E-state index contributed by atoms with van der Waals surface area (Å²) in [6.07, 6.45) is 0. The third-order valence-electron chi connectivity index (χ3n) is 3.10. The molecule has 1 saturated heterocycles. The fourth-order valence-corrected chi connectivity index (χ4v) is 2.32. The lowest BCUT2D eigenvalue weighted by atomic mass is 10.1. The van der Waals surface area contributed by atoms with Crippen LogP contribution >= 0.6 is 0 Å². The molecule has 1 aliphatic rings. The largest absolute Gasteiger partial charge is 0.481 e. The van der Waals surface area contributed by atoms with Crippen molar-refractivity contribution >= 4 is 5.91 Å². The van der Waals surface area contributed by atoms with Gasteiger partial charge in [-0.05, 0) is 26.0 Å². The molecule has 0 saturated carbocycles. The highest BCUT2D eigenvalue weighted by molar-refractivity contribution is 5.78. The van der Waals surface area contributed by atoms with Crippen LogP contribution in [0.15, 0.2) is 24.3 Å². The summed E-state index contributed by atoms with van der Waals surface area (Å²) in [6.45, 7) is 5.26. The SMILES string of the molecule is C[C@@H]1CN(C(=O)COc2ccccc2F)C[C@@H](C)N1. The number of halogens is 1. The minimum absolute atomic E-state index is 0.108. The predicted molar refractivity (Wildman–Crippen MR) is 70.5 cm³/mol. The van der Waals surface area contributed by atoms with Crippen LogP contribution in [0, 0.1) is 5.82 Å². The highest BCUT2D eigenvalue weighted by atomic mass is 19.1. The van der Waals surface area contributed by atoms with E-state index < -0.39 is 5.82 Å². The van der Waals surface area contributed by atoms with Crippen LogP contribution in [0.4, 0.5) is 4.39 Å². The lowest BCUT2D eigenvalue weighted by Gasteiger charge is -2.36. The summed E-state index contributed by atoms with van der Waals surface area (Å²) in [7, 11) is 0. The Kier molecular flexibility index (Phi) is 4.37. The van der Waals surface area contributed by atoms with Crippen LogP contribution in [-0.2, 0) is 4.79 Å². The smallest absolute Gasteiger partial charge is 0.260 e. The Hall–Kier alpha value is -1.62. The molecule has 0 radical (unpaired) electrons. The van der Waals surface area contributed by atoms with E-state index in [1.165, 1.54) is 12.1 Å². The molecule has 0 aromatic heterocycles. The number of rotatable bonds is 3. The molecule has 0 bridgehead atoms. The van der Waals surface area contributed by atoms with Gasteiger partial charge in [0.05, 0.1) is 0 Å². The summed E-state index contributed by atoms with van der Waals surface area (Å²) in [5.41, 5.74) is 0. The van der Waals surface area contributed by atoms with Crippen LogP contribution in [0.3, 0.4) is 0 Å². The number of para-hydroxylation sites is 1. The zero-order valence-corrected chi connectivity index (χ0v) is 11.2. The topological polar surface area (TPSA) is 41.6 Å². The summed E-state index contributed by atoms with van der Waals surface area (Å²) in [4.78, 5) is 13.8. The zero-order chi connectivity index (χ0) is 13.8. The quantitative estimate of drug-likeness (QED) is 0.899. The molecule has 2 atom stereocenters. The van der Waals surface area contributed by atoms with Gasteiger partial charge in [-0.25, -0.2) is 4.39 Å². The first-order valence-electron chi connectivity index (χ1n) is 6.47. The molecule has 1 aromatic carbocycles. The molecule has 0 aliphatic carbocycles. The normalized spacial score (nSPS) is 23.2. The molecule has 4 nitrogen and oxygen atoms in total. The number of carbonyl (C=O) groups excluding carboxylic acids is 1. The maximum Gasteiger partial charge on any atom is 0.260 e. The van der Waals surface area contributed by atoms with Gasteiger partial charge in [0.1, 0.15) is 0 Å². The van der Waals surface area contributed by atoms with Crippen LogP contribution in [0.25, 0.3) is 0 Å². The van der Waals surface area contributed by atoms with Crippen molar-refractivity contribution in [3.63, 3.8) is 0 Å². The van der Waals surface area contributed by atoms with E-state index in [2.05, 4.69) is 5.32 Å². The number of amides is 1. The van der Waals surface area contributed by atoms with E-state index in [1.54, 1.807) is 17.0 Å². The first-order chi connectivity index (χ1) is 9.06. The van der Waals surface area contributed by atoms with Gasteiger partial charge in [0.25, 0.3) is 5.91 Å². The van der Waals surface area contributed by atoms with Gasteiger partial charge in [0, 0.05) is 25.2 Å². The fraction of sp³-hybridized carbons (Fsp3) is 0.500. The first kappa shape index (κ1) is 13.8. The Labute approximate surface area is 112 Å². The molecule has 1 aliphatic heterocycles. The second-order valence-corrected chi connectivity index (χ2v) is 4.99. The van der Waals surface area contributed by atoms with Crippen molar-refractivity contribution in [2.75, 3.05) is 19.7 Å². The third kappa shape index (κ3) is 3.67. The Bertz CT molecular complexity index is 443. The van der Waals surface area contributed by atoms with Gasteiger partial charge >= 0.3 is 0 Å². The van der Waals surface area contributed by atoms with Crippen molar-refractivity contribution < 1.29 is 13.9 Å². The number of hydrogen-bond acceptors (Lipinski definition) is 3. The van der Waals surface area contributed by atoms with Gasteiger partial charge in [0.2, 0.25) is 0 Å². The highest BCUT2D eigenvalue weighted by Gasteiger charge is 2.24. The van der Waals surface area contributed by atoms with E-state index in [-0.39, 0.29) is 30.3 Å². The van der Waals surface area contributed by atoms with Gasteiger partial charge in [-0.2, -0.15) is 0 Å². The van der Waals surface area contributed by atoms with Crippen molar-refractivity contribution in [3.8, 4) is 5.75 Å². The van der Waals surface area contributed by atoms with E-state index >= 15 is 0 Å². The standard InChI is InChI=1S/C14H19FN2O2/c1-10-7-17(8-11(2)16-10)14(18)9-19-13-6-4-3-5-12(13)15/h3-6,10-11,16H,7-9H2,1-2H3/t10-,11-/m1/s1. The molecule has 1 N–H and O–H groups in total. The van der Waals surface area contributed by atoms with E-state index in [0.717, 1.165) is 0 Å². The van der Waals surface area contributed by atoms with Crippen molar-refractivity contribution in [3.05, 3.63) is 30.1 Å². The van der Waals surface area contributed by atoms with Crippen molar-refractivity contribution in [1.29, 1.82) is 0 Å². The fourth-order valence-electron chi connectivity index (χ4n) is 2.32. The number of nitrogens with zero attached hydrogens (tertiary/aromatic N) is 1. The highest BCUT2D eigenvalue weighted by Crippen LogP contribution is 2.15. The summed E-state index contributed by atoms with van der Waals surface area (Å²) in [6, 6.07) is 6.63. The minimum Gasteiger partial charge on any atom is -0.481 e. The van der Waals surface area contributed by atoms with E-state index in [9.17, 15) is 9.18 Å². The Morgan fingerprint density at radius 1 is 1.37 bits per heavy atom. The molecule has 0 spiro atoms. The molecule has 1 aromatic rings. The molecule has 19 heavy (non-hydrogen) atoms. The maximum absolute atomic E-state index is 13.3. The van der Waals surface area contributed by atoms with Gasteiger partial charge in [-0.1, -0.05) is 12.1 Å². The number of piperazine rings is 1. The second kappa shape index (κ2) is 6.02. The number of hydrogen-bond donors (Lipinski definition) is 1. The predicted octanol–water partition coefficient (Wildman–Crippen LogP) is 1.41. The number of nitrogens with one attached hydrogen (secondary N) is 1. The Morgan fingerprint density at radius 2 is 2.00 bits per heavy atom. The zero-order valence-electron chi connectivity index (χ0n) is 11.2. The van der Waals surface area contributed by atoms with Crippen LogP contribution < -0.4 is 10.1 Å². The monoisotopic (exact) mass is 266 g/mol. The third-order valence-corrected chi connectivity index (χ3v) is 3.10. The van der Waals surface area contributed by atoms with Crippen LogP contribution in [0.1, 0.15) is 13.8 Å². The second-order valence-electron chi connectivity index (χ2n) is 4.99. The van der Waals surface area contributed by atoms with Crippen molar-refractivity contribution in [1.82, 2.24) is 10.2 Å². The maximum atomic E-state index is 13.3. The molecular formula is C14H19FN2O2. The van der Waals surface area contributed by atoms with Crippen LogP contribution in [0.5, 0.6) is 5.75 Å². The van der Waals surface area contributed by atoms with Gasteiger partial charge < -0.3 is 15.0 Å². The van der Waals surface area contributed by atoms with Crippen molar-refractivity contribution in [2.45, 2.75) is 25.9 Å². The first-order valence-corrected chi connectivity index (χ1v) is 6.47. The lowest BCUT2D eigenvalue weighted by Crippen LogP contribution is -2.56. The van der Waals surface area contributed by atoms with Gasteiger partial charge in [-0.3, -0.25) is 4.79 Å². The molecular weight excluding hydrogens is 247 g/mol. The minimum atomic E-state index is -0.447. The molecule has 0 unspecified atom stereocenters. The van der Waals surface area contributed by atoms with Gasteiger partial charge in [0.15, 0.2) is 18.2 Å². The number of ether oxygens (including phenoxy) is 1. The Balaban J connectivity index is 1.89.